The summed E-state index contributed by atoms with van der Waals surface area (Å²) in [4.78, 5) is 11.8. The number of carbonyl (C=O) groups excluding carboxylic acids is 1. The third-order valence-corrected chi connectivity index (χ3v) is 3.22. The van der Waals surface area contributed by atoms with E-state index in [-0.39, 0.29) is 18.8 Å². The summed E-state index contributed by atoms with van der Waals surface area (Å²) in [5.41, 5.74) is 0.721. The van der Waals surface area contributed by atoms with Crippen LogP contribution in [-0.2, 0) is 0 Å². The number of ether oxygens (including phenoxy) is 1. The Balaban J connectivity index is 1.63. The molecule has 0 bridgehead atoms. The molecular formula is C18H23N3O3. The maximum atomic E-state index is 11.8. The second-order valence-electron chi connectivity index (χ2n) is 5.37. The number of hydrogen-bond donors (Lipinski definition) is 4. The van der Waals surface area contributed by atoms with Gasteiger partial charge in [0.2, 0.25) is 0 Å². The van der Waals surface area contributed by atoms with Crippen LogP contribution in [0.25, 0.3) is 0 Å². The van der Waals surface area contributed by atoms with Crippen molar-refractivity contribution in [3.63, 3.8) is 0 Å². The fraction of sp³-hybridized carbons (Fsp3) is 0.278. The first-order valence-electron chi connectivity index (χ1n) is 7.85. The topological polar surface area (TPSA) is 82.6 Å². The number of anilines is 1. The molecule has 2 aromatic carbocycles. The number of hydrogen-bond acceptors (Lipinski definition) is 4. The smallest absolute Gasteiger partial charge is 0.320 e. The van der Waals surface area contributed by atoms with Gasteiger partial charge in [0.1, 0.15) is 18.5 Å². The summed E-state index contributed by atoms with van der Waals surface area (Å²) in [5, 5.41) is 18.4. The number of para-hydroxylation sites is 2. The van der Waals surface area contributed by atoms with Gasteiger partial charge in [-0.25, -0.2) is 4.79 Å². The van der Waals surface area contributed by atoms with Gasteiger partial charge >= 0.3 is 6.03 Å². The average molecular weight is 329 g/mol. The van der Waals surface area contributed by atoms with Gasteiger partial charge in [0.25, 0.3) is 0 Å². The fourth-order valence-electron chi connectivity index (χ4n) is 2.02. The molecule has 2 amide bonds. The number of nitrogens with one attached hydrogen (secondary N) is 3. The van der Waals surface area contributed by atoms with E-state index in [0.717, 1.165) is 5.69 Å². The number of carbonyl (C=O) groups is 1. The van der Waals surface area contributed by atoms with Crippen molar-refractivity contribution in [2.24, 2.45) is 0 Å². The van der Waals surface area contributed by atoms with Crippen molar-refractivity contribution in [1.29, 1.82) is 0 Å². The van der Waals surface area contributed by atoms with Crippen LogP contribution in [0.5, 0.6) is 5.75 Å². The quantitative estimate of drug-likeness (QED) is 0.560. The second-order valence-corrected chi connectivity index (χ2v) is 5.37. The number of rotatable bonds is 8. The molecule has 0 aromatic heterocycles. The summed E-state index contributed by atoms with van der Waals surface area (Å²) in [6.45, 7) is 2.29. The van der Waals surface area contributed by atoms with Gasteiger partial charge < -0.3 is 20.5 Å². The molecule has 0 aliphatic carbocycles. The molecule has 2 rings (SSSR count). The molecule has 0 heterocycles. The number of benzene rings is 2. The Morgan fingerprint density at radius 1 is 1.08 bits per heavy atom. The molecule has 128 valence electrons. The lowest BCUT2D eigenvalue weighted by atomic mass is 10.3. The van der Waals surface area contributed by atoms with Gasteiger partial charge in [-0.3, -0.25) is 5.32 Å². The molecule has 0 saturated carbocycles. The number of amides is 2. The third-order valence-electron chi connectivity index (χ3n) is 3.22. The summed E-state index contributed by atoms with van der Waals surface area (Å²) in [7, 11) is 0. The highest BCUT2D eigenvalue weighted by molar-refractivity contribution is 5.89. The summed E-state index contributed by atoms with van der Waals surface area (Å²) >= 11 is 0. The van der Waals surface area contributed by atoms with E-state index >= 15 is 0 Å². The first-order chi connectivity index (χ1) is 11.6. The summed E-state index contributed by atoms with van der Waals surface area (Å²) in [6.07, 6.45) is -0.966. The van der Waals surface area contributed by atoms with Crippen LogP contribution in [0.15, 0.2) is 60.7 Å². The number of aliphatic hydroxyl groups excluding tert-OH is 1. The van der Waals surface area contributed by atoms with Gasteiger partial charge in [-0.2, -0.15) is 0 Å². The number of urea groups is 1. The number of aliphatic hydroxyl groups is 1. The lowest BCUT2D eigenvalue weighted by Gasteiger charge is -2.19. The summed E-state index contributed by atoms with van der Waals surface area (Å²) < 4.78 is 5.47. The zero-order valence-electron chi connectivity index (χ0n) is 13.6. The Bertz CT molecular complexity index is 607. The van der Waals surface area contributed by atoms with Gasteiger partial charge in [-0.05, 0) is 31.2 Å². The van der Waals surface area contributed by atoms with Crippen LogP contribution in [0.2, 0.25) is 0 Å². The zero-order valence-corrected chi connectivity index (χ0v) is 13.6. The van der Waals surface area contributed by atoms with Crippen LogP contribution in [0, 0.1) is 0 Å². The maximum Gasteiger partial charge on any atom is 0.320 e. The van der Waals surface area contributed by atoms with Crippen molar-refractivity contribution in [1.82, 2.24) is 10.6 Å². The molecule has 24 heavy (non-hydrogen) atoms. The molecule has 0 radical (unpaired) electrons. The molecule has 0 aliphatic rings. The van der Waals surface area contributed by atoms with Crippen LogP contribution in [0.3, 0.4) is 0 Å². The lowest BCUT2D eigenvalue weighted by Crippen LogP contribution is -2.48. The Kier molecular flexibility index (Phi) is 7.07. The average Bonchev–Trinajstić information content (AvgIpc) is 2.60. The molecule has 0 fully saturated rings. The highest BCUT2D eigenvalue weighted by Gasteiger charge is 2.10. The van der Waals surface area contributed by atoms with E-state index in [0.29, 0.717) is 12.3 Å². The van der Waals surface area contributed by atoms with Gasteiger partial charge in [0, 0.05) is 12.2 Å². The van der Waals surface area contributed by atoms with Crippen LogP contribution in [0.1, 0.15) is 6.92 Å². The molecule has 4 N–H and O–H groups in total. The highest BCUT2D eigenvalue weighted by atomic mass is 16.5. The first kappa shape index (κ1) is 17.8. The summed E-state index contributed by atoms with van der Waals surface area (Å²) in [6, 6.07) is 18.2. The minimum Gasteiger partial charge on any atom is -0.491 e. The standard InChI is InChI=1S/C18H23N3O3/c1-14(20-18(23)21-15-8-4-2-5-9-15)19-12-16(22)13-24-17-10-6-3-7-11-17/h2-11,14,16,19,22H,12-13H2,1H3,(H2,20,21,23). The normalized spacial score (nSPS) is 12.9. The molecule has 6 nitrogen and oxygen atoms in total. The molecule has 2 atom stereocenters. The minimum atomic E-state index is -0.674. The molecule has 0 saturated heterocycles. The van der Waals surface area contributed by atoms with E-state index < -0.39 is 6.10 Å². The molecule has 0 spiro atoms. The zero-order chi connectivity index (χ0) is 17.2. The van der Waals surface area contributed by atoms with Crippen LogP contribution >= 0.6 is 0 Å². The molecular weight excluding hydrogens is 306 g/mol. The van der Waals surface area contributed by atoms with E-state index in [1.807, 2.05) is 60.7 Å². The van der Waals surface area contributed by atoms with Gasteiger partial charge in [-0.15, -0.1) is 0 Å². The first-order valence-corrected chi connectivity index (χ1v) is 7.85. The van der Waals surface area contributed by atoms with Crippen molar-refractivity contribution in [3.8, 4) is 5.75 Å². The van der Waals surface area contributed by atoms with E-state index in [9.17, 15) is 9.90 Å². The molecule has 2 aromatic rings. The Hall–Kier alpha value is -2.57. The van der Waals surface area contributed by atoms with Crippen molar-refractivity contribution in [3.05, 3.63) is 60.7 Å². The van der Waals surface area contributed by atoms with E-state index in [4.69, 9.17) is 4.74 Å². The molecule has 2 unspecified atom stereocenters. The van der Waals surface area contributed by atoms with Crippen LogP contribution < -0.4 is 20.7 Å². The predicted molar refractivity (Wildman–Crippen MR) is 94.0 cm³/mol. The fourth-order valence-corrected chi connectivity index (χ4v) is 2.02. The summed E-state index contributed by atoms with van der Waals surface area (Å²) in [5.74, 6) is 0.713. The van der Waals surface area contributed by atoms with Crippen LogP contribution in [0.4, 0.5) is 10.5 Å². The lowest BCUT2D eigenvalue weighted by molar-refractivity contribution is 0.103. The largest absolute Gasteiger partial charge is 0.491 e. The van der Waals surface area contributed by atoms with Gasteiger partial charge in [0.05, 0.1) is 6.17 Å². The molecule has 0 aliphatic heterocycles. The van der Waals surface area contributed by atoms with Crippen molar-refractivity contribution in [2.45, 2.75) is 19.2 Å². The minimum absolute atomic E-state index is 0.181. The Morgan fingerprint density at radius 2 is 1.71 bits per heavy atom. The van der Waals surface area contributed by atoms with Gasteiger partial charge in [0.15, 0.2) is 0 Å². The van der Waals surface area contributed by atoms with Crippen molar-refractivity contribution >= 4 is 11.7 Å². The van der Waals surface area contributed by atoms with Crippen molar-refractivity contribution < 1.29 is 14.6 Å². The monoisotopic (exact) mass is 329 g/mol. The van der Waals surface area contributed by atoms with Crippen molar-refractivity contribution in [2.75, 3.05) is 18.5 Å². The third kappa shape index (κ3) is 6.68. The van der Waals surface area contributed by atoms with E-state index in [1.165, 1.54) is 0 Å². The maximum absolute atomic E-state index is 11.8. The molecule has 6 heteroatoms. The Labute approximate surface area is 141 Å². The van der Waals surface area contributed by atoms with Crippen LogP contribution in [-0.4, -0.2) is 36.6 Å². The van der Waals surface area contributed by atoms with E-state index in [1.54, 1.807) is 6.92 Å². The van der Waals surface area contributed by atoms with E-state index in [2.05, 4.69) is 16.0 Å². The second kappa shape index (κ2) is 9.54. The SMILES string of the molecule is CC(NCC(O)COc1ccccc1)NC(=O)Nc1ccccc1. The highest BCUT2D eigenvalue weighted by Crippen LogP contribution is 2.08. The van der Waals surface area contributed by atoms with Gasteiger partial charge in [-0.1, -0.05) is 36.4 Å². The predicted octanol–water partition coefficient (Wildman–Crippen LogP) is 2.18. The Morgan fingerprint density at radius 3 is 2.38 bits per heavy atom.